The lowest BCUT2D eigenvalue weighted by Crippen LogP contribution is -2.40. The molecule has 0 fully saturated rings. The average Bonchev–Trinajstić information content (AvgIpc) is 2.67. The third-order valence-corrected chi connectivity index (χ3v) is 4.14. The zero-order valence-corrected chi connectivity index (χ0v) is 16.1. The van der Waals surface area contributed by atoms with Gasteiger partial charge in [-0.05, 0) is 30.2 Å². The molecule has 2 aromatic rings. The van der Waals surface area contributed by atoms with E-state index in [9.17, 15) is 10.1 Å². The summed E-state index contributed by atoms with van der Waals surface area (Å²) in [6.07, 6.45) is 0. The predicted molar refractivity (Wildman–Crippen MR) is 107 cm³/mol. The molecule has 8 heteroatoms. The van der Waals surface area contributed by atoms with E-state index in [1.165, 1.54) is 12.1 Å². The molecule has 0 saturated carbocycles. The monoisotopic (exact) mass is 390 g/mol. The van der Waals surface area contributed by atoms with E-state index >= 15 is 0 Å². The number of non-ortho nitro benzene ring substituents is 1. The fourth-order valence-corrected chi connectivity index (χ4v) is 2.48. The van der Waals surface area contributed by atoms with Gasteiger partial charge in [0.2, 0.25) is 0 Å². The summed E-state index contributed by atoms with van der Waals surface area (Å²) < 4.78 is 5.07. The van der Waals surface area contributed by atoms with Crippen molar-refractivity contribution >= 4 is 23.2 Å². The second-order valence-electron chi connectivity index (χ2n) is 5.93. The van der Waals surface area contributed by atoms with Crippen molar-refractivity contribution in [3.8, 4) is 0 Å². The van der Waals surface area contributed by atoms with Crippen molar-refractivity contribution < 1.29 is 9.66 Å². The van der Waals surface area contributed by atoms with Crippen LogP contribution in [0, 0.1) is 10.1 Å². The standard InChI is InChI=1S/C19H23ClN4O3/c1-14(16-5-7-17(20)8-6-16)23-19(21-11-12-27-2)22-13-15-3-9-18(10-4-15)24(25)26/h3-10,14H,11-13H2,1-2H3,(H2,21,22,23). The third kappa shape index (κ3) is 6.88. The Morgan fingerprint density at radius 2 is 1.89 bits per heavy atom. The Kier molecular flexibility index (Phi) is 8.03. The number of nitrogens with one attached hydrogen (secondary N) is 2. The van der Waals surface area contributed by atoms with Crippen LogP contribution in [0.25, 0.3) is 0 Å². The molecule has 0 spiro atoms. The summed E-state index contributed by atoms with van der Waals surface area (Å²) in [5.41, 5.74) is 2.03. The van der Waals surface area contributed by atoms with Crippen molar-refractivity contribution in [3.63, 3.8) is 0 Å². The van der Waals surface area contributed by atoms with Crippen LogP contribution in [0.15, 0.2) is 53.5 Å². The van der Waals surface area contributed by atoms with E-state index in [0.717, 1.165) is 11.1 Å². The van der Waals surface area contributed by atoms with Crippen LogP contribution >= 0.6 is 11.6 Å². The number of guanidine groups is 1. The molecule has 27 heavy (non-hydrogen) atoms. The fraction of sp³-hybridized carbons (Fsp3) is 0.316. The molecule has 0 heterocycles. The highest BCUT2D eigenvalue weighted by Crippen LogP contribution is 2.16. The van der Waals surface area contributed by atoms with Gasteiger partial charge in [0.1, 0.15) is 0 Å². The Hall–Kier alpha value is -2.64. The lowest BCUT2D eigenvalue weighted by Gasteiger charge is -2.19. The van der Waals surface area contributed by atoms with Crippen LogP contribution in [-0.2, 0) is 11.3 Å². The third-order valence-electron chi connectivity index (χ3n) is 3.89. The second-order valence-corrected chi connectivity index (χ2v) is 6.36. The van der Waals surface area contributed by atoms with Gasteiger partial charge in [0.25, 0.3) is 5.69 Å². The molecule has 0 radical (unpaired) electrons. The van der Waals surface area contributed by atoms with Crippen molar-refractivity contribution in [1.29, 1.82) is 0 Å². The molecule has 0 aliphatic rings. The summed E-state index contributed by atoms with van der Waals surface area (Å²) in [4.78, 5) is 14.9. The number of nitro groups is 1. The minimum Gasteiger partial charge on any atom is -0.383 e. The highest BCUT2D eigenvalue weighted by molar-refractivity contribution is 6.30. The quantitative estimate of drug-likeness (QED) is 0.236. The van der Waals surface area contributed by atoms with Crippen molar-refractivity contribution in [2.45, 2.75) is 19.5 Å². The number of methoxy groups -OCH3 is 1. The Morgan fingerprint density at radius 3 is 2.48 bits per heavy atom. The van der Waals surface area contributed by atoms with E-state index in [2.05, 4.69) is 15.6 Å². The highest BCUT2D eigenvalue weighted by Gasteiger charge is 2.09. The first-order chi connectivity index (χ1) is 13.0. The van der Waals surface area contributed by atoms with E-state index in [-0.39, 0.29) is 11.7 Å². The molecule has 0 bridgehead atoms. The predicted octanol–water partition coefficient (Wildman–Crippen LogP) is 3.69. The number of ether oxygens (including phenoxy) is 1. The fourth-order valence-electron chi connectivity index (χ4n) is 2.36. The first kappa shape index (κ1) is 20.7. The molecule has 0 saturated heterocycles. The Labute approximate surface area is 163 Å². The van der Waals surface area contributed by atoms with Crippen molar-refractivity contribution in [2.24, 2.45) is 4.99 Å². The molecule has 144 valence electrons. The average molecular weight is 391 g/mol. The van der Waals surface area contributed by atoms with Gasteiger partial charge in [-0.1, -0.05) is 35.9 Å². The van der Waals surface area contributed by atoms with E-state index in [1.54, 1.807) is 19.2 Å². The number of rotatable bonds is 8. The highest BCUT2D eigenvalue weighted by atomic mass is 35.5. The summed E-state index contributed by atoms with van der Waals surface area (Å²) >= 11 is 5.94. The van der Waals surface area contributed by atoms with Gasteiger partial charge < -0.3 is 15.4 Å². The number of benzene rings is 2. The van der Waals surface area contributed by atoms with E-state index in [0.29, 0.717) is 30.7 Å². The maximum atomic E-state index is 10.7. The van der Waals surface area contributed by atoms with Crippen LogP contribution < -0.4 is 10.6 Å². The smallest absolute Gasteiger partial charge is 0.269 e. The number of aliphatic imine (C=N–C) groups is 1. The van der Waals surface area contributed by atoms with Crippen LogP contribution in [0.3, 0.4) is 0 Å². The molecule has 0 aromatic heterocycles. The van der Waals surface area contributed by atoms with Gasteiger partial charge in [-0.2, -0.15) is 0 Å². The SMILES string of the molecule is COCCNC(=NCc1ccc([N+](=O)[O-])cc1)NC(C)c1ccc(Cl)cc1. The van der Waals surface area contributed by atoms with Crippen molar-refractivity contribution in [1.82, 2.24) is 10.6 Å². The number of nitro benzene ring substituents is 1. The maximum Gasteiger partial charge on any atom is 0.269 e. The van der Waals surface area contributed by atoms with Gasteiger partial charge in [0, 0.05) is 30.8 Å². The Bertz CT molecular complexity index is 764. The second kappa shape index (κ2) is 10.5. The summed E-state index contributed by atoms with van der Waals surface area (Å²) in [5, 5.41) is 18.0. The van der Waals surface area contributed by atoms with E-state index in [4.69, 9.17) is 16.3 Å². The van der Waals surface area contributed by atoms with Gasteiger partial charge in [-0.25, -0.2) is 4.99 Å². The molecule has 2 aromatic carbocycles. The maximum absolute atomic E-state index is 10.7. The zero-order chi connectivity index (χ0) is 19.6. The minimum absolute atomic E-state index is 0.0212. The largest absolute Gasteiger partial charge is 0.383 e. The molecule has 0 aliphatic heterocycles. The lowest BCUT2D eigenvalue weighted by atomic mass is 10.1. The number of halogens is 1. The molecule has 7 nitrogen and oxygen atoms in total. The van der Waals surface area contributed by atoms with Crippen LogP contribution in [0.1, 0.15) is 24.1 Å². The molecule has 1 atom stereocenters. The zero-order valence-electron chi connectivity index (χ0n) is 15.3. The summed E-state index contributed by atoms with van der Waals surface area (Å²) in [6, 6.07) is 14.0. The number of hydrogen-bond acceptors (Lipinski definition) is 4. The van der Waals surface area contributed by atoms with Crippen molar-refractivity contribution in [3.05, 3.63) is 74.8 Å². The molecular weight excluding hydrogens is 368 g/mol. The van der Waals surface area contributed by atoms with Gasteiger partial charge in [0.15, 0.2) is 5.96 Å². The molecule has 2 rings (SSSR count). The first-order valence-electron chi connectivity index (χ1n) is 8.52. The topological polar surface area (TPSA) is 88.8 Å². The van der Waals surface area contributed by atoms with Crippen LogP contribution in [0.4, 0.5) is 5.69 Å². The summed E-state index contributed by atoms with van der Waals surface area (Å²) in [7, 11) is 1.64. The first-order valence-corrected chi connectivity index (χ1v) is 8.90. The number of hydrogen-bond donors (Lipinski definition) is 2. The van der Waals surface area contributed by atoms with E-state index in [1.807, 2.05) is 31.2 Å². The summed E-state index contributed by atoms with van der Waals surface area (Å²) in [6.45, 7) is 3.58. The molecule has 1 unspecified atom stereocenters. The van der Waals surface area contributed by atoms with Gasteiger partial charge >= 0.3 is 0 Å². The minimum atomic E-state index is -0.417. The number of nitrogens with zero attached hydrogens (tertiary/aromatic N) is 2. The van der Waals surface area contributed by atoms with Crippen LogP contribution in [-0.4, -0.2) is 31.1 Å². The molecule has 0 amide bonds. The molecule has 2 N–H and O–H groups in total. The normalized spacial score (nSPS) is 12.5. The Morgan fingerprint density at radius 1 is 1.22 bits per heavy atom. The lowest BCUT2D eigenvalue weighted by molar-refractivity contribution is -0.384. The Balaban J connectivity index is 2.06. The van der Waals surface area contributed by atoms with Crippen LogP contribution in [0.2, 0.25) is 5.02 Å². The van der Waals surface area contributed by atoms with Gasteiger partial charge in [0.05, 0.1) is 24.1 Å². The molecular formula is C19H23ClN4O3. The van der Waals surface area contributed by atoms with Gasteiger partial charge in [-0.3, -0.25) is 10.1 Å². The summed E-state index contributed by atoms with van der Waals surface area (Å²) in [5.74, 6) is 0.632. The van der Waals surface area contributed by atoms with Crippen LogP contribution in [0.5, 0.6) is 0 Å². The van der Waals surface area contributed by atoms with Gasteiger partial charge in [-0.15, -0.1) is 0 Å². The van der Waals surface area contributed by atoms with Crippen molar-refractivity contribution in [2.75, 3.05) is 20.3 Å². The van der Waals surface area contributed by atoms with E-state index < -0.39 is 4.92 Å². The molecule has 0 aliphatic carbocycles.